The smallest absolute Gasteiger partial charge is 0.340 e. The molecule has 0 aliphatic carbocycles. The molecule has 1 N–H and O–H groups in total. The van der Waals surface area contributed by atoms with Crippen LogP contribution in [0.1, 0.15) is 31.1 Å². The number of nitrogens with one attached hydrogen (secondary N) is 1. The van der Waals surface area contributed by atoms with Gasteiger partial charge in [0.05, 0.1) is 11.3 Å². The summed E-state index contributed by atoms with van der Waals surface area (Å²) in [6.45, 7) is 5.51. The minimum atomic E-state index is -0.603. The van der Waals surface area contributed by atoms with Crippen molar-refractivity contribution in [3.8, 4) is 10.4 Å². The Morgan fingerprint density at radius 2 is 1.70 bits per heavy atom. The van der Waals surface area contributed by atoms with E-state index in [0.717, 1.165) is 10.4 Å². The van der Waals surface area contributed by atoms with Gasteiger partial charge in [-0.1, -0.05) is 24.3 Å². The first kappa shape index (κ1) is 20.1. The van der Waals surface area contributed by atoms with Crippen LogP contribution in [0.15, 0.2) is 72.8 Å². The van der Waals surface area contributed by atoms with E-state index >= 15 is 0 Å². The second-order valence-electron chi connectivity index (χ2n) is 8.04. The molecular weight excluding hydrogens is 397 g/mol. The van der Waals surface area contributed by atoms with Gasteiger partial charge in [0.25, 0.3) is 0 Å². The van der Waals surface area contributed by atoms with Gasteiger partial charge in [-0.15, -0.1) is 11.3 Å². The highest BCUT2D eigenvalue weighted by atomic mass is 32.1. The molecular formula is C25H22FNO2S. The number of ether oxygens (including phenoxy) is 1. The number of anilines is 2. The zero-order valence-corrected chi connectivity index (χ0v) is 17.8. The molecule has 1 heterocycles. The van der Waals surface area contributed by atoms with E-state index in [1.165, 1.54) is 22.2 Å². The summed E-state index contributed by atoms with van der Waals surface area (Å²) in [5.41, 5.74) is 2.13. The fourth-order valence-electron chi connectivity index (χ4n) is 3.12. The van der Waals surface area contributed by atoms with Crippen LogP contribution in [0.3, 0.4) is 0 Å². The molecule has 0 saturated carbocycles. The third-order valence-corrected chi connectivity index (χ3v) is 5.64. The number of thiophene rings is 1. The number of hydrogen-bond donors (Lipinski definition) is 1. The predicted octanol–water partition coefficient (Wildman–Crippen LogP) is 7.41. The number of fused-ring (bicyclic) bond motifs is 1. The molecule has 4 rings (SSSR count). The molecule has 30 heavy (non-hydrogen) atoms. The molecule has 3 nitrogen and oxygen atoms in total. The maximum absolute atomic E-state index is 13.3. The average molecular weight is 420 g/mol. The van der Waals surface area contributed by atoms with Crippen LogP contribution in [-0.4, -0.2) is 11.6 Å². The van der Waals surface area contributed by atoms with Gasteiger partial charge in [-0.05, 0) is 80.3 Å². The van der Waals surface area contributed by atoms with Gasteiger partial charge in [0.1, 0.15) is 11.4 Å². The summed E-state index contributed by atoms with van der Waals surface area (Å²) in [5.74, 6) is -0.720. The van der Waals surface area contributed by atoms with E-state index in [1.54, 1.807) is 29.5 Å². The number of carbonyl (C=O) groups excluding carboxylic acids is 1. The monoisotopic (exact) mass is 419 g/mol. The second kappa shape index (κ2) is 7.92. The molecule has 0 atom stereocenters. The fourth-order valence-corrected chi connectivity index (χ4v) is 4.18. The summed E-state index contributed by atoms with van der Waals surface area (Å²) in [4.78, 5) is 13.9. The van der Waals surface area contributed by atoms with E-state index in [-0.39, 0.29) is 5.82 Å². The van der Waals surface area contributed by atoms with E-state index in [1.807, 2.05) is 45.0 Å². The zero-order valence-electron chi connectivity index (χ0n) is 17.0. The highest BCUT2D eigenvalue weighted by molar-refractivity contribution is 7.22. The molecule has 5 heteroatoms. The Labute approximate surface area is 179 Å². The molecule has 1 aromatic heterocycles. The van der Waals surface area contributed by atoms with Crippen LogP contribution in [0.2, 0.25) is 0 Å². The van der Waals surface area contributed by atoms with Crippen LogP contribution in [0.4, 0.5) is 15.8 Å². The highest BCUT2D eigenvalue weighted by Crippen LogP contribution is 2.36. The molecule has 0 saturated heterocycles. The van der Waals surface area contributed by atoms with Crippen molar-refractivity contribution in [3.05, 3.63) is 84.2 Å². The second-order valence-corrected chi connectivity index (χ2v) is 9.13. The van der Waals surface area contributed by atoms with Crippen molar-refractivity contribution in [1.82, 2.24) is 0 Å². The maximum atomic E-state index is 13.3. The molecule has 0 unspecified atom stereocenters. The lowest BCUT2D eigenvalue weighted by atomic mass is 10.1. The van der Waals surface area contributed by atoms with E-state index in [4.69, 9.17) is 4.74 Å². The van der Waals surface area contributed by atoms with Gasteiger partial charge in [-0.2, -0.15) is 0 Å². The molecule has 0 aliphatic heterocycles. The molecule has 152 valence electrons. The Morgan fingerprint density at radius 3 is 2.40 bits per heavy atom. The van der Waals surface area contributed by atoms with Crippen LogP contribution in [-0.2, 0) is 4.74 Å². The number of rotatable bonds is 4. The normalized spacial score (nSPS) is 11.5. The standard InChI is InChI=1S/C25H22FNO2S/c1-25(2,3)29-24(28)20-13-8-17(23-15-16-6-4-5-7-22(16)30-23)14-21(20)27-19-11-9-18(26)10-12-19/h4-15,27H,1-3H3. The van der Waals surface area contributed by atoms with E-state index in [2.05, 4.69) is 23.5 Å². The van der Waals surface area contributed by atoms with Crippen molar-refractivity contribution >= 4 is 38.8 Å². The van der Waals surface area contributed by atoms with Crippen LogP contribution in [0.25, 0.3) is 20.5 Å². The van der Waals surface area contributed by atoms with Crippen molar-refractivity contribution in [2.45, 2.75) is 26.4 Å². The average Bonchev–Trinajstić information content (AvgIpc) is 3.12. The summed E-state index contributed by atoms with van der Waals surface area (Å²) in [6, 6.07) is 22.0. The Kier molecular flexibility index (Phi) is 5.31. The zero-order chi connectivity index (χ0) is 21.3. The van der Waals surface area contributed by atoms with Crippen molar-refractivity contribution < 1.29 is 13.9 Å². The number of hydrogen-bond acceptors (Lipinski definition) is 4. The van der Waals surface area contributed by atoms with Crippen molar-refractivity contribution in [2.24, 2.45) is 0 Å². The molecule has 0 spiro atoms. The first-order chi connectivity index (χ1) is 14.3. The third kappa shape index (κ3) is 4.52. The largest absolute Gasteiger partial charge is 0.456 e. The third-order valence-electron chi connectivity index (χ3n) is 4.47. The number of esters is 1. The first-order valence-electron chi connectivity index (χ1n) is 9.67. The highest BCUT2D eigenvalue weighted by Gasteiger charge is 2.21. The molecule has 3 aromatic carbocycles. The molecule has 4 aromatic rings. The SMILES string of the molecule is CC(C)(C)OC(=O)c1ccc(-c2cc3ccccc3s2)cc1Nc1ccc(F)cc1. The van der Waals surface area contributed by atoms with Gasteiger partial charge in [0.15, 0.2) is 0 Å². The van der Waals surface area contributed by atoms with Gasteiger partial charge >= 0.3 is 5.97 Å². The molecule has 0 amide bonds. The lowest BCUT2D eigenvalue weighted by Gasteiger charge is -2.21. The number of benzene rings is 3. The topological polar surface area (TPSA) is 38.3 Å². The first-order valence-corrected chi connectivity index (χ1v) is 10.5. The minimum Gasteiger partial charge on any atom is -0.456 e. The van der Waals surface area contributed by atoms with Gasteiger partial charge in [-0.3, -0.25) is 0 Å². The Balaban J connectivity index is 1.76. The van der Waals surface area contributed by atoms with Gasteiger partial charge in [-0.25, -0.2) is 9.18 Å². The Hall–Kier alpha value is -3.18. The lowest BCUT2D eigenvalue weighted by molar-refractivity contribution is 0.00708. The van der Waals surface area contributed by atoms with Crippen LogP contribution >= 0.6 is 11.3 Å². The summed E-state index contributed by atoms with van der Waals surface area (Å²) in [6.07, 6.45) is 0. The maximum Gasteiger partial charge on any atom is 0.340 e. The van der Waals surface area contributed by atoms with Crippen molar-refractivity contribution in [2.75, 3.05) is 5.32 Å². The van der Waals surface area contributed by atoms with E-state index in [0.29, 0.717) is 16.9 Å². The van der Waals surface area contributed by atoms with E-state index < -0.39 is 11.6 Å². The van der Waals surface area contributed by atoms with E-state index in [9.17, 15) is 9.18 Å². The summed E-state index contributed by atoms with van der Waals surface area (Å²) < 4.78 is 20.1. The summed E-state index contributed by atoms with van der Waals surface area (Å²) in [7, 11) is 0. The Bertz CT molecular complexity index is 1170. The minimum absolute atomic E-state index is 0.313. The Morgan fingerprint density at radius 1 is 0.967 bits per heavy atom. The van der Waals surface area contributed by atoms with Crippen LogP contribution in [0, 0.1) is 5.82 Å². The molecule has 0 fully saturated rings. The van der Waals surface area contributed by atoms with Crippen LogP contribution < -0.4 is 5.32 Å². The molecule has 0 bridgehead atoms. The van der Waals surface area contributed by atoms with Gasteiger partial charge in [0.2, 0.25) is 0 Å². The van der Waals surface area contributed by atoms with Crippen molar-refractivity contribution in [3.63, 3.8) is 0 Å². The summed E-state index contributed by atoms with van der Waals surface area (Å²) in [5, 5.41) is 4.43. The lowest BCUT2D eigenvalue weighted by Crippen LogP contribution is -2.24. The quantitative estimate of drug-likeness (QED) is 0.350. The fraction of sp³-hybridized carbons (Fsp3) is 0.160. The molecule has 0 radical (unpaired) electrons. The number of carbonyl (C=O) groups is 1. The predicted molar refractivity (Wildman–Crippen MR) is 122 cm³/mol. The summed E-state index contributed by atoms with van der Waals surface area (Å²) >= 11 is 1.70. The van der Waals surface area contributed by atoms with Gasteiger partial charge < -0.3 is 10.1 Å². The van der Waals surface area contributed by atoms with Crippen LogP contribution in [0.5, 0.6) is 0 Å². The van der Waals surface area contributed by atoms with Crippen molar-refractivity contribution in [1.29, 1.82) is 0 Å². The van der Waals surface area contributed by atoms with Gasteiger partial charge in [0, 0.05) is 15.3 Å². The number of halogens is 1. The molecule has 0 aliphatic rings.